The standard InChI is InChI=1S/C21H23F5N2O3S/c22-32(23,24,25,26)15-5-6-16(13-7-9-31-10-8-13)18(12-15)27-21(30)28-19-11-14-3-1-2-4-17(14)20(19)29/h1-6,12-13,19-20,29H,7-11H2,(H2,27,28,30). The quantitative estimate of drug-likeness (QED) is 0.471. The van der Waals surface area contributed by atoms with Crippen LogP contribution in [0.5, 0.6) is 0 Å². The number of halogens is 5. The molecule has 0 saturated carbocycles. The van der Waals surface area contributed by atoms with Gasteiger partial charge in [-0.2, -0.15) is 0 Å². The maximum Gasteiger partial charge on any atom is 0.319 e. The number of urea groups is 1. The highest BCUT2D eigenvalue weighted by Gasteiger charge is 2.65. The van der Waals surface area contributed by atoms with E-state index in [1.807, 2.05) is 0 Å². The highest BCUT2D eigenvalue weighted by atomic mass is 32.5. The predicted octanol–water partition coefficient (Wildman–Crippen LogP) is 6.02. The van der Waals surface area contributed by atoms with Gasteiger partial charge in [0.25, 0.3) is 0 Å². The van der Waals surface area contributed by atoms with Crippen LogP contribution in [-0.4, -0.2) is 30.4 Å². The first kappa shape index (κ1) is 22.8. The smallest absolute Gasteiger partial charge is 0.319 e. The maximum absolute atomic E-state index is 13.4. The Kier molecular flexibility index (Phi) is 5.22. The highest BCUT2D eigenvalue weighted by Crippen LogP contribution is 3.02. The van der Waals surface area contributed by atoms with Gasteiger partial charge in [0.2, 0.25) is 0 Å². The van der Waals surface area contributed by atoms with Crippen molar-refractivity contribution in [2.24, 2.45) is 0 Å². The highest BCUT2D eigenvalue weighted by molar-refractivity contribution is 8.45. The summed E-state index contributed by atoms with van der Waals surface area (Å²) in [6.45, 7) is 0.762. The average Bonchev–Trinajstić information content (AvgIpc) is 3.02. The molecular weight excluding hydrogens is 455 g/mol. The van der Waals surface area contributed by atoms with Crippen LogP contribution in [-0.2, 0) is 11.2 Å². The molecule has 0 radical (unpaired) electrons. The lowest BCUT2D eigenvalue weighted by Gasteiger charge is -2.41. The molecule has 32 heavy (non-hydrogen) atoms. The van der Waals surface area contributed by atoms with Gasteiger partial charge in [-0.15, -0.1) is 0 Å². The van der Waals surface area contributed by atoms with Gasteiger partial charge in [0.15, 0.2) is 0 Å². The molecule has 176 valence electrons. The van der Waals surface area contributed by atoms with Crippen LogP contribution in [0.1, 0.15) is 41.6 Å². The van der Waals surface area contributed by atoms with Crippen LogP contribution < -0.4 is 10.6 Å². The Bertz CT molecular complexity index is 1040. The summed E-state index contributed by atoms with van der Waals surface area (Å²) in [7, 11) is -9.93. The number of aliphatic hydroxyl groups is 1. The summed E-state index contributed by atoms with van der Waals surface area (Å²) in [5.41, 5.74) is 1.51. The number of hydrogen-bond donors (Lipinski definition) is 3. The third-order valence-corrected chi connectivity index (χ3v) is 7.04. The molecule has 11 heteroatoms. The number of anilines is 1. The van der Waals surface area contributed by atoms with E-state index in [-0.39, 0.29) is 11.6 Å². The van der Waals surface area contributed by atoms with E-state index in [1.165, 1.54) is 0 Å². The molecule has 0 spiro atoms. The van der Waals surface area contributed by atoms with Gasteiger partial charge < -0.3 is 20.5 Å². The van der Waals surface area contributed by atoms with Crippen molar-refractivity contribution in [1.29, 1.82) is 0 Å². The lowest BCUT2D eigenvalue weighted by atomic mass is 9.90. The van der Waals surface area contributed by atoms with E-state index >= 15 is 0 Å². The minimum atomic E-state index is -9.93. The van der Waals surface area contributed by atoms with E-state index < -0.39 is 33.3 Å². The SMILES string of the molecule is O=C(Nc1cc(S(F)(F)(F)(F)F)ccc1C1CCOCC1)NC1Cc2ccccc2C1O. The molecule has 1 heterocycles. The first-order valence-corrected chi connectivity index (χ1v) is 12.1. The fourth-order valence-electron chi connectivity index (χ4n) is 4.28. The van der Waals surface area contributed by atoms with Crippen molar-refractivity contribution >= 4 is 21.9 Å². The molecule has 1 fully saturated rings. The predicted molar refractivity (Wildman–Crippen MR) is 112 cm³/mol. The zero-order valence-electron chi connectivity index (χ0n) is 16.9. The van der Waals surface area contributed by atoms with Crippen LogP contribution in [0.4, 0.5) is 29.9 Å². The van der Waals surface area contributed by atoms with Crippen molar-refractivity contribution in [3.63, 3.8) is 0 Å². The second-order valence-electron chi connectivity index (χ2n) is 8.16. The Labute approximate surface area is 181 Å². The summed E-state index contributed by atoms with van der Waals surface area (Å²) < 4.78 is 72.2. The van der Waals surface area contributed by atoms with E-state index in [0.717, 1.165) is 11.6 Å². The summed E-state index contributed by atoms with van der Waals surface area (Å²) >= 11 is 0. The summed E-state index contributed by atoms with van der Waals surface area (Å²) in [5.74, 6) is -0.243. The summed E-state index contributed by atoms with van der Waals surface area (Å²) in [6.07, 6.45) is 0.331. The van der Waals surface area contributed by atoms with Crippen molar-refractivity contribution < 1.29 is 34.1 Å². The molecule has 2 aromatic rings. The third kappa shape index (κ3) is 4.84. The molecule has 1 saturated heterocycles. The fraction of sp³-hybridized carbons (Fsp3) is 0.381. The van der Waals surface area contributed by atoms with E-state index in [9.17, 15) is 29.3 Å². The Hall–Kier alpha value is -2.37. The molecule has 5 nitrogen and oxygen atoms in total. The number of ether oxygens (including phenoxy) is 1. The minimum Gasteiger partial charge on any atom is -0.386 e. The van der Waals surface area contributed by atoms with Gasteiger partial charge in [-0.3, -0.25) is 0 Å². The monoisotopic (exact) mass is 478 g/mol. The largest absolute Gasteiger partial charge is 0.386 e. The number of carbonyl (C=O) groups is 1. The first-order valence-electron chi connectivity index (χ1n) is 10.1. The van der Waals surface area contributed by atoms with Gasteiger partial charge in [-0.05, 0) is 54.0 Å². The van der Waals surface area contributed by atoms with Crippen molar-refractivity contribution in [2.75, 3.05) is 18.5 Å². The molecule has 2 amide bonds. The zero-order chi connectivity index (χ0) is 23.2. The van der Waals surface area contributed by atoms with Gasteiger partial charge in [-0.25, -0.2) is 4.79 Å². The van der Waals surface area contributed by atoms with Crippen LogP contribution >= 0.6 is 10.2 Å². The number of carbonyl (C=O) groups excluding carboxylic acids is 1. The number of amides is 2. The number of fused-ring (bicyclic) bond motifs is 1. The molecule has 2 atom stereocenters. The van der Waals surface area contributed by atoms with Gasteiger partial charge in [0.1, 0.15) is 4.90 Å². The summed E-state index contributed by atoms with van der Waals surface area (Å²) in [4.78, 5) is 10.5. The zero-order valence-corrected chi connectivity index (χ0v) is 17.7. The van der Waals surface area contributed by atoms with E-state index in [1.54, 1.807) is 24.3 Å². The number of aliphatic hydroxyl groups excluding tert-OH is 1. The summed E-state index contributed by atoms with van der Waals surface area (Å²) in [6, 6.07) is 7.15. The van der Waals surface area contributed by atoms with Crippen molar-refractivity contribution in [2.45, 2.75) is 42.2 Å². The minimum absolute atomic E-state index is 0.243. The molecule has 0 bridgehead atoms. The number of nitrogens with one attached hydrogen (secondary N) is 2. The van der Waals surface area contributed by atoms with Crippen molar-refractivity contribution in [3.8, 4) is 0 Å². The third-order valence-electron chi connectivity index (χ3n) is 5.89. The maximum atomic E-state index is 13.4. The Morgan fingerprint density at radius 3 is 2.34 bits per heavy atom. The van der Waals surface area contributed by atoms with Crippen LogP contribution in [0.3, 0.4) is 0 Å². The topological polar surface area (TPSA) is 70.6 Å². The normalized spacial score (nSPS) is 23.7. The van der Waals surface area contributed by atoms with E-state index in [2.05, 4.69) is 10.6 Å². The Morgan fingerprint density at radius 2 is 1.69 bits per heavy atom. The molecule has 2 aliphatic rings. The van der Waals surface area contributed by atoms with Gasteiger partial charge in [0.05, 0.1) is 12.1 Å². The molecule has 1 aliphatic carbocycles. The van der Waals surface area contributed by atoms with Gasteiger partial charge in [0, 0.05) is 18.9 Å². The average molecular weight is 478 g/mol. The molecule has 2 unspecified atom stereocenters. The first-order chi connectivity index (χ1) is 14.8. The number of hydrogen-bond acceptors (Lipinski definition) is 3. The molecule has 1 aliphatic heterocycles. The fourth-order valence-corrected chi connectivity index (χ4v) is 4.94. The second kappa shape index (κ2) is 7.32. The molecule has 0 aromatic heterocycles. The molecule has 3 N–H and O–H groups in total. The molecular formula is C21H23F5N2O3S. The summed E-state index contributed by atoms with van der Waals surface area (Å²) in [5, 5.41) is 15.3. The Balaban J connectivity index is 1.59. The van der Waals surface area contributed by atoms with Gasteiger partial charge >= 0.3 is 16.3 Å². The van der Waals surface area contributed by atoms with Crippen molar-refractivity contribution in [1.82, 2.24) is 5.32 Å². The lowest BCUT2D eigenvalue weighted by molar-refractivity contribution is 0.0854. The van der Waals surface area contributed by atoms with Crippen molar-refractivity contribution in [3.05, 3.63) is 59.2 Å². The van der Waals surface area contributed by atoms with Crippen LogP contribution in [0, 0.1) is 0 Å². The number of benzene rings is 2. The van der Waals surface area contributed by atoms with Crippen LogP contribution in [0.15, 0.2) is 47.4 Å². The van der Waals surface area contributed by atoms with Crippen LogP contribution in [0.25, 0.3) is 0 Å². The molecule has 4 rings (SSSR count). The second-order valence-corrected chi connectivity index (χ2v) is 10.6. The van der Waals surface area contributed by atoms with E-state index in [4.69, 9.17) is 4.74 Å². The van der Waals surface area contributed by atoms with E-state index in [0.29, 0.717) is 55.7 Å². The lowest BCUT2D eigenvalue weighted by Crippen LogP contribution is -2.40. The number of rotatable bonds is 4. The Morgan fingerprint density at radius 1 is 1.00 bits per heavy atom. The van der Waals surface area contributed by atoms with Crippen LogP contribution in [0.2, 0.25) is 0 Å². The molecule has 2 aromatic carbocycles. The van der Waals surface area contributed by atoms with Gasteiger partial charge in [-0.1, -0.05) is 49.8 Å².